The molecule has 0 atom stereocenters. The third-order valence-corrected chi connectivity index (χ3v) is 5.10. The van der Waals surface area contributed by atoms with Gasteiger partial charge in [0.1, 0.15) is 0 Å². The number of rotatable bonds is 4. The van der Waals surface area contributed by atoms with Crippen LogP contribution in [0.15, 0.2) is 24.5 Å². The molecule has 0 unspecified atom stereocenters. The molecular weight excluding hydrogens is 316 g/mol. The summed E-state index contributed by atoms with van der Waals surface area (Å²) in [6.07, 6.45) is 6.52. The molecule has 0 aromatic carbocycles. The Bertz CT molecular complexity index is 720. The van der Waals surface area contributed by atoms with Crippen molar-refractivity contribution in [3.8, 4) is 0 Å². The predicted octanol–water partition coefficient (Wildman–Crippen LogP) is 0.845. The molecule has 1 fully saturated rings. The van der Waals surface area contributed by atoms with Gasteiger partial charge in [0.25, 0.3) is 5.91 Å². The lowest BCUT2D eigenvalue weighted by atomic mass is 10.0. The van der Waals surface area contributed by atoms with Crippen molar-refractivity contribution >= 4 is 5.91 Å². The van der Waals surface area contributed by atoms with Crippen molar-refractivity contribution in [1.29, 1.82) is 0 Å². The zero-order valence-electron chi connectivity index (χ0n) is 14.3. The number of hydrogen-bond acceptors (Lipinski definition) is 5. The maximum Gasteiger partial charge on any atom is 0.272 e. The van der Waals surface area contributed by atoms with Gasteiger partial charge in [-0.3, -0.25) is 19.8 Å². The Morgan fingerprint density at radius 2 is 2.08 bits per heavy atom. The van der Waals surface area contributed by atoms with E-state index in [0.717, 1.165) is 63.2 Å². The van der Waals surface area contributed by atoms with Crippen LogP contribution in [0.25, 0.3) is 0 Å². The summed E-state index contributed by atoms with van der Waals surface area (Å²) >= 11 is 0. The molecule has 1 saturated heterocycles. The zero-order valence-corrected chi connectivity index (χ0v) is 14.3. The number of aromatic amines is 1. The number of carbonyl (C=O) groups excluding carboxylic acids is 1. The summed E-state index contributed by atoms with van der Waals surface area (Å²) in [5, 5.41) is 13.7. The Morgan fingerprint density at radius 3 is 2.88 bits per heavy atom. The molecule has 4 heterocycles. The van der Waals surface area contributed by atoms with Gasteiger partial charge in [0.05, 0.1) is 0 Å². The van der Waals surface area contributed by atoms with Crippen LogP contribution in [0.2, 0.25) is 0 Å². The van der Waals surface area contributed by atoms with E-state index in [9.17, 15) is 4.79 Å². The minimum absolute atomic E-state index is 0.0474. The second-order valence-electron chi connectivity index (χ2n) is 6.84. The maximum atomic E-state index is 12.6. The van der Waals surface area contributed by atoms with Gasteiger partial charge in [-0.1, -0.05) is 0 Å². The second kappa shape index (κ2) is 7.33. The first-order valence-electron chi connectivity index (χ1n) is 8.98. The standard InChI is InChI=1S/C18H24N6O/c25-18(17-15-11-20-8-3-16(15)22-23-17)21-14-4-9-24(10-5-14)12-13-1-6-19-7-2-13/h1-2,6-7,14,20H,3-5,8-12H2,(H,21,25)(H,22,23). The summed E-state index contributed by atoms with van der Waals surface area (Å²) < 4.78 is 0. The molecule has 0 bridgehead atoms. The first-order valence-corrected chi connectivity index (χ1v) is 8.98. The number of aromatic nitrogens is 3. The van der Waals surface area contributed by atoms with Crippen LogP contribution in [0.5, 0.6) is 0 Å². The summed E-state index contributed by atoms with van der Waals surface area (Å²) in [6.45, 7) is 4.59. The van der Waals surface area contributed by atoms with E-state index in [1.54, 1.807) is 0 Å². The lowest BCUT2D eigenvalue weighted by molar-refractivity contribution is 0.0902. The van der Waals surface area contributed by atoms with E-state index in [4.69, 9.17) is 0 Å². The Morgan fingerprint density at radius 1 is 1.28 bits per heavy atom. The van der Waals surface area contributed by atoms with Crippen LogP contribution in [0.1, 0.15) is 40.2 Å². The third kappa shape index (κ3) is 3.72. The molecule has 0 saturated carbocycles. The van der Waals surface area contributed by atoms with E-state index in [2.05, 4.69) is 42.8 Å². The van der Waals surface area contributed by atoms with Gasteiger partial charge in [-0.05, 0) is 30.5 Å². The Kier molecular flexibility index (Phi) is 4.76. The van der Waals surface area contributed by atoms with E-state index in [1.807, 2.05) is 12.4 Å². The SMILES string of the molecule is O=C(NC1CCN(Cc2ccncc2)CC1)c1n[nH]c2c1CNCC2. The molecule has 2 aliphatic heterocycles. The summed E-state index contributed by atoms with van der Waals surface area (Å²) in [7, 11) is 0. The number of nitrogens with zero attached hydrogens (tertiary/aromatic N) is 3. The molecule has 0 radical (unpaired) electrons. The molecule has 132 valence electrons. The molecule has 25 heavy (non-hydrogen) atoms. The van der Waals surface area contributed by atoms with Crippen LogP contribution in [-0.4, -0.2) is 51.7 Å². The largest absolute Gasteiger partial charge is 0.348 e. The van der Waals surface area contributed by atoms with Crippen molar-refractivity contribution in [2.75, 3.05) is 19.6 Å². The fraction of sp³-hybridized carbons (Fsp3) is 0.500. The van der Waals surface area contributed by atoms with Crippen LogP contribution in [0, 0.1) is 0 Å². The highest BCUT2D eigenvalue weighted by molar-refractivity contribution is 5.94. The average Bonchev–Trinajstić information content (AvgIpc) is 3.08. The summed E-state index contributed by atoms with van der Waals surface area (Å²) in [6, 6.07) is 4.34. The fourth-order valence-electron chi connectivity index (χ4n) is 3.65. The van der Waals surface area contributed by atoms with Gasteiger partial charge in [0.2, 0.25) is 0 Å². The number of nitrogens with one attached hydrogen (secondary N) is 3. The molecule has 1 amide bonds. The van der Waals surface area contributed by atoms with Crippen molar-refractivity contribution in [3.05, 3.63) is 47.0 Å². The van der Waals surface area contributed by atoms with Gasteiger partial charge in [-0.15, -0.1) is 0 Å². The van der Waals surface area contributed by atoms with Crippen molar-refractivity contribution < 1.29 is 4.79 Å². The van der Waals surface area contributed by atoms with Crippen LogP contribution in [-0.2, 0) is 19.5 Å². The molecule has 0 aliphatic carbocycles. The molecule has 7 nitrogen and oxygen atoms in total. The van der Waals surface area contributed by atoms with Crippen molar-refractivity contribution in [1.82, 2.24) is 30.7 Å². The van der Waals surface area contributed by atoms with Gasteiger partial charge in [0, 0.05) is 68.8 Å². The topological polar surface area (TPSA) is 85.9 Å². The number of pyridine rings is 1. The predicted molar refractivity (Wildman–Crippen MR) is 94.0 cm³/mol. The molecule has 0 spiro atoms. The van der Waals surface area contributed by atoms with Gasteiger partial charge < -0.3 is 10.6 Å². The van der Waals surface area contributed by atoms with E-state index in [0.29, 0.717) is 5.69 Å². The molecule has 2 aromatic heterocycles. The fourth-order valence-corrected chi connectivity index (χ4v) is 3.65. The van der Waals surface area contributed by atoms with E-state index in [1.165, 1.54) is 5.56 Å². The second-order valence-corrected chi connectivity index (χ2v) is 6.84. The average molecular weight is 340 g/mol. The van der Waals surface area contributed by atoms with Crippen molar-refractivity contribution in [3.63, 3.8) is 0 Å². The highest BCUT2D eigenvalue weighted by atomic mass is 16.2. The highest BCUT2D eigenvalue weighted by Crippen LogP contribution is 2.17. The third-order valence-electron chi connectivity index (χ3n) is 5.10. The summed E-state index contributed by atoms with van der Waals surface area (Å²) in [5.41, 5.74) is 3.96. The molecule has 3 N–H and O–H groups in total. The monoisotopic (exact) mass is 340 g/mol. The number of hydrogen-bond donors (Lipinski definition) is 3. The number of amides is 1. The van der Waals surface area contributed by atoms with E-state index in [-0.39, 0.29) is 11.9 Å². The lowest BCUT2D eigenvalue weighted by Crippen LogP contribution is -2.44. The Labute approximate surface area is 147 Å². The molecule has 7 heteroatoms. The van der Waals surface area contributed by atoms with Crippen LogP contribution in [0.4, 0.5) is 0 Å². The normalized spacial score (nSPS) is 18.7. The molecule has 2 aliphatic rings. The number of piperidine rings is 1. The van der Waals surface area contributed by atoms with Crippen molar-refractivity contribution in [2.24, 2.45) is 0 Å². The molecule has 2 aromatic rings. The number of likely N-dealkylation sites (tertiary alicyclic amines) is 1. The van der Waals surface area contributed by atoms with Gasteiger partial charge in [-0.2, -0.15) is 5.10 Å². The number of fused-ring (bicyclic) bond motifs is 1. The van der Waals surface area contributed by atoms with Crippen LogP contribution in [0.3, 0.4) is 0 Å². The maximum absolute atomic E-state index is 12.6. The smallest absolute Gasteiger partial charge is 0.272 e. The molecular formula is C18H24N6O. The Hall–Kier alpha value is -2.25. The minimum Gasteiger partial charge on any atom is -0.348 e. The van der Waals surface area contributed by atoms with Gasteiger partial charge in [-0.25, -0.2) is 0 Å². The molecule has 4 rings (SSSR count). The van der Waals surface area contributed by atoms with Gasteiger partial charge in [0.15, 0.2) is 5.69 Å². The summed E-state index contributed by atoms with van der Waals surface area (Å²) in [4.78, 5) is 19.1. The van der Waals surface area contributed by atoms with E-state index >= 15 is 0 Å². The zero-order chi connectivity index (χ0) is 17.1. The number of H-pyrrole nitrogens is 1. The summed E-state index contributed by atoms with van der Waals surface area (Å²) in [5.74, 6) is -0.0474. The van der Waals surface area contributed by atoms with Crippen LogP contribution >= 0.6 is 0 Å². The Balaban J connectivity index is 1.30. The van der Waals surface area contributed by atoms with Crippen molar-refractivity contribution in [2.45, 2.75) is 38.4 Å². The lowest BCUT2D eigenvalue weighted by Gasteiger charge is -2.32. The van der Waals surface area contributed by atoms with Crippen LogP contribution < -0.4 is 10.6 Å². The van der Waals surface area contributed by atoms with E-state index < -0.39 is 0 Å². The van der Waals surface area contributed by atoms with Gasteiger partial charge >= 0.3 is 0 Å². The first-order chi connectivity index (χ1) is 12.3. The minimum atomic E-state index is -0.0474. The number of carbonyl (C=O) groups is 1. The highest BCUT2D eigenvalue weighted by Gasteiger charge is 2.25. The quantitative estimate of drug-likeness (QED) is 0.768. The first kappa shape index (κ1) is 16.2.